The Balaban J connectivity index is 1.56. The molecule has 0 bridgehead atoms. The number of anilines is 2. The predicted octanol–water partition coefficient (Wildman–Crippen LogP) is 6.37. The number of benzene rings is 3. The SMILES string of the molecule is COc1ccc(NC(=O)C(C)Sc2ccc(NC(=O)c3ccc(Cl)cc3Cl)cc2)cc1. The molecule has 0 aromatic heterocycles. The lowest BCUT2D eigenvalue weighted by Gasteiger charge is -2.13. The first kappa shape index (κ1) is 23.0. The summed E-state index contributed by atoms with van der Waals surface area (Å²) >= 11 is 13.4. The lowest BCUT2D eigenvalue weighted by atomic mass is 10.2. The maximum atomic E-state index is 12.5. The van der Waals surface area contributed by atoms with Crippen LogP contribution >= 0.6 is 35.0 Å². The number of halogens is 2. The van der Waals surface area contributed by atoms with Crippen LogP contribution in [0.5, 0.6) is 5.75 Å². The highest BCUT2D eigenvalue weighted by Gasteiger charge is 2.15. The molecule has 0 fully saturated rings. The predicted molar refractivity (Wildman–Crippen MR) is 128 cm³/mol. The summed E-state index contributed by atoms with van der Waals surface area (Å²) < 4.78 is 5.11. The highest BCUT2D eigenvalue weighted by atomic mass is 35.5. The molecule has 5 nitrogen and oxygen atoms in total. The Bertz CT molecular complexity index is 1070. The first-order valence-electron chi connectivity index (χ1n) is 9.34. The van der Waals surface area contributed by atoms with Crippen molar-refractivity contribution in [1.82, 2.24) is 0 Å². The van der Waals surface area contributed by atoms with Gasteiger partial charge in [-0.3, -0.25) is 9.59 Å². The molecule has 0 radical (unpaired) electrons. The number of methoxy groups -OCH3 is 1. The van der Waals surface area contributed by atoms with Gasteiger partial charge in [0.05, 0.1) is 22.9 Å². The third kappa shape index (κ3) is 6.40. The van der Waals surface area contributed by atoms with E-state index < -0.39 is 0 Å². The van der Waals surface area contributed by atoms with Crippen LogP contribution in [0, 0.1) is 0 Å². The van der Waals surface area contributed by atoms with Crippen molar-refractivity contribution in [2.75, 3.05) is 17.7 Å². The molecule has 3 aromatic carbocycles. The Kier molecular flexibility index (Phi) is 7.85. The minimum atomic E-state index is -0.325. The van der Waals surface area contributed by atoms with Gasteiger partial charge in [-0.1, -0.05) is 23.2 Å². The van der Waals surface area contributed by atoms with E-state index in [1.165, 1.54) is 17.8 Å². The molecule has 1 atom stereocenters. The van der Waals surface area contributed by atoms with Gasteiger partial charge in [0.2, 0.25) is 5.91 Å². The van der Waals surface area contributed by atoms with Crippen LogP contribution in [0.15, 0.2) is 71.6 Å². The van der Waals surface area contributed by atoms with E-state index in [0.717, 1.165) is 10.6 Å². The fourth-order valence-electron chi connectivity index (χ4n) is 2.66. The molecule has 0 heterocycles. The van der Waals surface area contributed by atoms with E-state index in [2.05, 4.69) is 10.6 Å². The van der Waals surface area contributed by atoms with E-state index in [0.29, 0.717) is 22.0 Å². The van der Waals surface area contributed by atoms with Crippen LogP contribution in [0.4, 0.5) is 11.4 Å². The van der Waals surface area contributed by atoms with Gasteiger partial charge in [-0.2, -0.15) is 0 Å². The summed E-state index contributed by atoms with van der Waals surface area (Å²) in [5, 5.41) is 6.12. The van der Waals surface area contributed by atoms with E-state index in [4.69, 9.17) is 27.9 Å². The highest BCUT2D eigenvalue weighted by Crippen LogP contribution is 2.27. The van der Waals surface area contributed by atoms with Crippen molar-refractivity contribution >= 4 is 58.2 Å². The van der Waals surface area contributed by atoms with Gasteiger partial charge in [0.25, 0.3) is 5.91 Å². The van der Waals surface area contributed by atoms with Crippen molar-refractivity contribution in [3.8, 4) is 5.75 Å². The van der Waals surface area contributed by atoms with Crippen molar-refractivity contribution in [2.24, 2.45) is 0 Å². The first-order chi connectivity index (χ1) is 14.9. The summed E-state index contributed by atoms with van der Waals surface area (Å²) in [4.78, 5) is 25.8. The second-order valence-electron chi connectivity index (χ2n) is 6.58. The number of ether oxygens (including phenoxy) is 1. The zero-order valence-electron chi connectivity index (χ0n) is 16.8. The summed E-state index contributed by atoms with van der Waals surface area (Å²) in [5.74, 6) is 0.296. The van der Waals surface area contributed by atoms with Crippen LogP contribution in [-0.2, 0) is 4.79 Å². The fourth-order valence-corrected chi connectivity index (χ4v) is 4.03. The first-order valence-corrected chi connectivity index (χ1v) is 11.0. The number of nitrogens with one attached hydrogen (secondary N) is 2. The van der Waals surface area contributed by atoms with Crippen molar-refractivity contribution < 1.29 is 14.3 Å². The molecule has 160 valence electrons. The molecule has 3 rings (SSSR count). The van der Waals surface area contributed by atoms with Crippen LogP contribution in [0.1, 0.15) is 17.3 Å². The molecular weight excluding hydrogens is 455 g/mol. The standard InChI is InChI=1S/C23H20Cl2N2O3S/c1-14(22(28)26-16-4-8-18(30-2)9-5-16)31-19-10-6-17(7-11-19)27-23(29)20-12-3-15(24)13-21(20)25/h3-14H,1-2H3,(H,26,28)(H,27,29). The Hall–Kier alpha value is -2.67. The van der Waals surface area contributed by atoms with Gasteiger partial charge >= 0.3 is 0 Å². The van der Waals surface area contributed by atoms with E-state index in [9.17, 15) is 9.59 Å². The average molecular weight is 475 g/mol. The molecule has 8 heteroatoms. The van der Waals surface area contributed by atoms with Crippen molar-refractivity contribution in [3.63, 3.8) is 0 Å². The van der Waals surface area contributed by atoms with Gasteiger partial charge < -0.3 is 15.4 Å². The maximum absolute atomic E-state index is 12.5. The number of hydrogen-bond donors (Lipinski definition) is 2. The zero-order valence-corrected chi connectivity index (χ0v) is 19.1. The molecular formula is C23H20Cl2N2O3S. The Morgan fingerprint density at radius 1 is 0.903 bits per heavy atom. The number of amides is 2. The number of carbonyl (C=O) groups is 2. The molecule has 2 amide bonds. The topological polar surface area (TPSA) is 67.4 Å². The van der Waals surface area contributed by atoms with Gasteiger partial charge in [0.15, 0.2) is 0 Å². The van der Waals surface area contributed by atoms with E-state index in [1.54, 1.807) is 55.6 Å². The van der Waals surface area contributed by atoms with Gasteiger partial charge in [-0.05, 0) is 73.7 Å². The van der Waals surface area contributed by atoms with Gasteiger partial charge in [0.1, 0.15) is 5.75 Å². The number of carbonyl (C=O) groups excluding carboxylic acids is 2. The van der Waals surface area contributed by atoms with Crippen LogP contribution in [0.3, 0.4) is 0 Å². The van der Waals surface area contributed by atoms with Gasteiger partial charge in [0, 0.05) is 21.3 Å². The molecule has 0 aliphatic heterocycles. The molecule has 3 aromatic rings. The van der Waals surface area contributed by atoms with Crippen LogP contribution in [-0.4, -0.2) is 24.2 Å². The third-order valence-corrected chi connectivity index (χ3v) is 5.99. The molecule has 0 aliphatic rings. The number of rotatable bonds is 7. The van der Waals surface area contributed by atoms with E-state index in [-0.39, 0.29) is 22.1 Å². The summed E-state index contributed by atoms with van der Waals surface area (Å²) in [7, 11) is 1.59. The van der Waals surface area contributed by atoms with E-state index >= 15 is 0 Å². The van der Waals surface area contributed by atoms with Crippen LogP contribution in [0.2, 0.25) is 10.0 Å². The highest BCUT2D eigenvalue weighted by molar-refractivity contribution is 8.00. The Labute approximate surface area is 195 Å². The minimum absolute atomic E-state index is 0.107. The number of thioether (sulfide) groups is 1. The second kappa shape index (κ2) is 10.6. The molecule has 0 saturated carbocycles. The summed E-state index contributed by atoms with van der Waals surface area (Å²) in [5.41, 5.74) is 1.67. The lowest BCUT2D eigenvalue weighted by molar-refractivity contribution is -0.115. The van der Waals surface area contributed by atoms with Gasteiger partial charge in [-0.15, -0.1) is 11.8 Å². The Morgan fingerprint density at radius 2 is 1.52 bits per heavy atom. The largest absolute Gasteiger partial charge is 0.497 e. The quantitative estimate of drug-likeness (QED) is 0.390. The summed E-state index contributed by atoms with van der Waals surface area (Å²) in [6, 6.07) is 19.1. The molecule has 2 N–H and O–H groups in total. The minimum Gasteiger partial charge on any atom is -0.497 e. The molecule has 31 heavy (non-hydrogen) atoms. The third-order valence-electron chi connectivity index (χ3n) is 4.33. The summed E-state index contributed by atoms with van der Waals surface area (Å²) in [6.45, 7) is 1.84. The molecule has 0 saturated heterocycles. The normalized spacial score (nSPS) is 11.5. The van der Waals surface area contributed by atoms with Crippen LogP contribution in [0.25, 0.3) is 0 Å². The average Bonchev–Trinajstić information content (AvgIpc) is 2.75. The number of hydrogen-bond acceptors (Lipinski definition) is 4. The van der Waals surface area contributed by atoms with Crippen molar-refractivity contribution in [1.29, 1.82) is 0 Å². The second-order valence-corrected chi connectivity index (χ2v) is 8.84. The van der Waals surface area contributed by atoms with Crippen molar-refractivity contribution in [3.05, 3.63) is 82.3 Å². The summed E-state index contributed by atoms with van der Waals surface area (Å²) in [6.07, 6.45) is 0. The maximum Gasteiger partial charge on any atom is 0.257 e. The smallest absolute Gasteiger partial charge is 0.257 e. The molecule has 1 unspecified atom stereocenters. The van der Waals surface area contributed by atoms with Crippen molar-refractivity contribution in [2.45, 2.75) is 17.1 Å². The lowest BCUT2D eigenvalue weighted by Crippen LogP contribution is -2.22. The molecule has 0 aliphatic carbocycles. The Morgan fingerprint density at radius 3 is 2.13 bits per heavy atom. The van der Waals surface area contributed by atoms with Crippen LogP contribution < -0.4 is 15.4 Å². The van der Waals surface area contributed by atoms with E-state index in [1.807, 2.05) is 19.1 Å². The monoisotopic (exact) mass is 474 g/mol. The zero-order chi connectivity index (χ0) is 22.4. The fraction of sp³-hybridized carbons (Fsp3) is 0.130. The molecule has 0 spiro atoms. The van der Waals surface area contributed by atoms with Gasteiger partial charge in [-0.25, -0.2) is 0 Å².